The van der Waals surface area contributed by atoms with Crippen LogP contribution in [-0.4, -0.2) is 32.9 Å². The van der Waals surface area contributed by atoms with Gasteiger partial charge in [-0.05, 0) is 17.7 Å². The molecule has 0 aliphatic carbocycles. The summed E-state index contributed by atoms with van der Waals surface area (Å²) in [5, 5.41) is 1.09. The first-order valence-electron chi connectivity index (χ1n) is 7.40. The molecule has 0 radical (unpaired) electrons. The van der Waals surface area contributed by atoms with E-state index in [0.717, 1.165) is 11.0 Å². The van der Waals surface area contributed by atoms with Gasteiger partial charge in [0, 0.05) is 12.0 Å². The Kier molecular flexibility index (Phi) is 4.58. The fourth-order valence-electron chi connectivity index (χ4n) is 2.61. The van der Waals surface area contributed by atoms with Crippen LogP contribution in [0.25, 0.3) is 0 Å². The molecule has 0 amide bonds. The molecule has 0 saturated carbocycles. The van der Waals surface area contributed by atoms with Gasteiger partial charge >= 0.3 is 0 Å². The smallest absolute Gasteiger partial charge is 0.224 e. The van der Waals surface area contributed by atoms with Gasteiger partial charge in [0.2, 0.25) is 10.0 Å². The monoisotopic (exact) mass is 363 g/mol. The van der Waals surface area contributed by atoms with Crippen molar-refractivity contribution >= 4 is 19.9 Å². The van der Waals surface area contributed by atoms with E-state index in [0.29, 0.717) is 0 Å². The van der Waals surface area contributed by atoms with Crippen LogP contribution in [0.5, 0.6) is 0 Å². The lowest BCUT2D eigenvalue weighted by molar-refractivity contribution is 0.375. The van der Waals surface area contributed by atoms with Gasteiger partial charge in [-0.15, -0.1) is 0 Å². The fraction of sp³-hybridized carbons (Fsp3) is 0.176. The molecule has 1 unspecified atom stereocenters. The maximum absolute atomic E-state index is 13.0. The Morgan fingerprint density at radius 2 is 1.54 bits per heavy atom. The molecule has 7 heteroatoms. The van der Waals surface area contributed by atoms with Crippen molar-refractivity contribution in [1.82, 2.24) is 4.31 Å². The van der Waals surface area contributed by atoms with E-state index in [-0.39, 0.29) is 17.2 Å². The summed E-state index contributed by atoms with van der Waals surface area (Å²) >= 11 is 0. The van der Waals surface area contributed by atoms with Gasteiger partial charge in [-0.3, -0.25) is 0 Å². The molecule has 1 atom stereocenters. The Labute approximate surface area is 142 Å². The highest BCUT2D eigenvalue weighted by molar-refractivity contribution is 7.94. The molecule has 0 N–H and O–H groups in total. The van der Waals surface area contributed by atoms with E-state index < -0.39 is 25.9 Å². The standard InChI is InChI=1S/C17H17NO4S2/c19-23(20)12-11-16(14-23)18(13-15-7-3-1-4-8-15)24(21,22)17-9-5-2-6-10-17/h1-12,16H,13-14H2. The van der Waals surface area contributed by atoms with Crippen molar-refractivity contribution in [2.24, 2.45) is 0 Å². The van der Waals surface area contributed by atoms with Gasteiger partial charge in [-0.25, -0.2) is 16.8 Å². The topological polar surface area (TPSA) is 71.5 Å². The molecule has 0 spiro atoms. The quantitative estimate of drug-likeness (QED) is 0.816. The van der Waals surface area contributed by atoms with Crippen molar-refractivity contribution in [2.75, 3.05) is 5.75 Å². The van der Waals surface area contributed by atoms with E-state index in [2.05, 4.69) is 0 Å². The second kappa shape index (κ2) is 6.51. The predicted octanol–water partition coefficient (Wildman–Crippen LogP) is 2.19. The van der Waals surface area contributed by atoms with E-state index >= 15 is 0 Å². The van der Waals surface area contributed by atoms with Crippen LogP contribution in [0.15, 0.2) is 77.0 Å². The first kappa shape index (κ1) is 16.9. The summed E-state index contributed by atoms with van der Waals surface area (Å²) in [6, 6.07) is 16.5. The number of nitrogens with zero attached hydrogens (tertiary/aromatic N) is 1. The molecule has 0 aromatic heterocycles. The third-order valence-corrected chi connectivity index (χ3v) is 7.08. The molecule has 0 saturated heterocycles. The second-order valence-electron chi connectivity index (χ2n) is 5.57. The zero-order valence-electron chi connectivity index (χ0n) is 12.8. The molecule has 1 aliphatic rings. The van der Waals surface area contributed by atoms with Crippen molar-refractivity contribution in [3.05, 3.63) is 77.7 Å². The van der Waals surface area contributed by atoms with Crippen molar-refractivity contribution in [3.8, 4) is 0 Å². The minimum atomic E-state index is -3.82. The van der Waals surface area contributed by atoms with E-state index in [1.807, 2.05) is 30.3 Å². The number of hydrogen-bond acceptors (Lipinski definition) is 4. The maximum Gasteiger partial charge on any atom is 0.243 e. The van der Waals surface area contributed by atoms with Crippen LogP contribution < -0.4 is 0 Å². The average Bonchev–Trinajstić information content (AvgIpc) is 2.94. The highest BCUT2D eigenvalue weighted by Gasteiger charge is 2.35. The summed E-state index contributed by atoms with van der Waals surface area (Å²) < 4.78 is 50.8. The molecule has 1 heterocycles. The summed E-state index contributed by atoms with van der Waals surface area (Å²) in [5.41, 5.74) is 0.801. The molecule has 0 fully saturated rings. The van der Waals surface area contributed by atoms with Gasteiger partial charge in [0.25, 0.3) is 0 Å². The fourth-order valence-corrected chi connectivity index (χ4v) is 5.60. The van der Waals surface area contributed by atoms with Gasteiger partial charge in [-0.2, -0.15) is 4.31 Å². The summed E-state index contributed by atoms with van der Waals surface area (Å²) in [6.07, 6.45) is 1.44. The molecular formula is C17H17NO4S2. The van der Waals surface area contributed by atoms with Crippen molar-refractivity contribution < 1.29 is 16.8 Å². The van der Waals surface area contributed by atoms with Crippen LogP contribution in [0.3, 0.4) is 0 Å². The SMILES string of the molecule is O=S1(=O)C=CC(N(Cc2ccccc2)S(=O)(=O)c2ccccc2)C1. The Morgan fingerprint density at radius 3 is 2.08 bits per heavy atom. The molecule has 126 valence electrons. The summed E-state index contributed by atoms with van der Waals surface area (Å²) in [4.78, 5) is 0.152. The van der Waals surface area contributed by atoms with Crippen molar-refractivity contribution in [1.29, 1.82) is 0 Å². The van der Waals surface area contributed by atoms with Crippen molar-refractivity contribution in [3.63, 3.8) is 0 Å². The third-order valence-electron chi connectivity index (χ3n) is 3.81. The number of hydrogen-bond donors (Lipinski definition) is 0. The Morgan fingerprint density at radius 1 is 0.958 bits per heavy atom. The van der Waals surface area contributed by atoms with E-state index in [1.165, 1.54) is 22.5 Å². The molecule has 2 aromatic carbocycles. The van der Waals surface area contributed by atoms with E-state index in [4.69, 9.17) is 0 Å². The highest BCUT2D eigenvalue weighted by atomic mass is 32.2. The van der Waals surface area contributed by atoms with Gasteiger partial charge in [0.05, 0.1) is 16.7 Å². The second-order valence-corrected chi connectivity index (χ2v) is 9.40. The first-order valence-corrected chi connectivity index (χ1v) is 10.6. The van der Waals surface area contributed by atoms with Crippen LogP contribution >= 0.6 is 0 Å². The number of sulfone groups is 1. The lowest BCUT2D eigenvalue weighted by atomic mass is 10.2. The van der Waals surface area contributed by atoms with Crippen LogP contribution in [0, 0.1) is 0 Å². The molecule has 24 heavy (non-hydrogen) atoms. The lowest BCUT2D eigenvalue weighted by Gasteiger charge is -2.26. The first-order chi connectivity index (χ1) is 11.4. The van der Waals surface area contributed by atoms with E-state index in [1.54, 1.807) is 18.2 Å². The normalized spacial score (nSPS) is 19.6. The molecule has 3 rings (SSSR count). The average molecular weight is 363 g/mol. The Hall–Kier alpha value is -1.96. The Bertz CT molecular complexity index is 937. The van der Waals surface area contributed by atoms with Gasteiger partial charge in [0.1, 0.15) is 0 Å². The summed E-state index contributed by atoms with van der Waals surface area (Å²) in [6.45, 7) is 0.114. The third kappa shape index (κ3) is 3.58. The highest BCUT2D eigenvalue weighted by Crippen LogP contribution is 2.25. The Balaban J connectivity index is 2.01. The number of sulfonamides is 1. The van der Waals surface area contributed by atoms with Gasteiger partial charge in [-0.1, -0.05) is 54.6 Å². The largest absolute Gasteiger partial charge is 0.243 e. The van der Waals surface area contributed by atoms with Crippen LogP contribution in [-0.2, 0) is 26.4 Å². The minimum Gasteiger partial charge on any atom is -0.224 e. The van der Waals surface area contributed by atoms with Gasteiger partial charge < -0.3 is 0 Å². The minimum absolute atomic E-state index is 0.114. The zero-order chi connectivity index (χ0) is 17.2. The number of benzene rings is 2. The molecule has 1 aliphatic heterocycles. The van der Waals surface area contributed by atoms with Crippen molar-refractivity contribution in [2.45, 2.75) is 17.5 Å². The maximum atomic E-state index is 13.0. The molecule has 5 nitrogen and oxygen atoms in total. The van der Waals surface area contributed by atoms with Crippen LogP contribution in [0.4, 0.5) is 0 Å². The molecule has 0 bridgehead atoms. The van der Waals surface area contributed by atoms with Gasteiger partial charge in [0.15, 0.2) is 9.84 Å². The lowest BCUT2D eigenvalue weighted by Crippen LogP contribution is -2.40. The molecular weight excluding hydrogens is 346 g/mol. The zero-order valence-corrected chi connectivity index (χ0v) is 14.4. The van der Waals surface area contributed by atoms with Crippen LogP contribution in [0.2, 0.25) is 0 Å². The summed E-state index contributed by atoms with van der Waals surface area (Å²) in [7, 11) is -7.18. The molecule has 2 aromatic rings. The van der Waals surface area contributed by atoms with Crippen LogP contribution in [0.1, 0.15) is 5.56 Å². The van der Waals surface area contributed by atoms with E-state index in [9.17, 15) is 16.8 Å². The predicted molar refractivity (Wildman–Crippen MR) is 92.3 cm³/mol. The summed E-state index contributed by atoms with van der Waals surface area (Å²) in [5.74, 6) is -0.230. The number of rotatable bonds is 5.